The van der Waals surface area contributed by atoms with Crippen LogP contribution in [0.25, 0.3) is 0 Å². The molecule has 0 radical (unpaired) electrons. The van der Waals surface area contributed by atoms with E-state index in [9.17, 15) is 9.59 Å². The molecule has 22 heavy (non-hydrogen) atoms. The van der Waals surface area contributed by atoms with Crippen LogP contribution in [0.4, 0.5) is 0 Å². The van der Waals surface area contributed by atoms with E-state index in [2.05, 4.69) is 0 Å². The smallest absolute Gasteiger partial charge is 0.330 e. The maximum atomic E-state index is 11.9. The molecule has 1 aromatic carbocycles. The van der Waals surface area contributed by atoms with Crippen molar-refractivity contribution < 1.29 is 4.74 Å². The Kier molecular flexibility index (Phi) is 5.16. The molecule has 2 aromatic rings. The topological polar surface area (TPSA) is 56.5 Å². The van der Waals surface area contributed by atoms with E-state index in [1.54, 1.807) is 7.05 Å². The number of hydrogen-bond acceptors (Lipinski definition) is 4. The Hall–Kier alpha value is -2.34. The van der Waals surface area contributed by atoms with Gasteiger partial charge in [0, 0.05) is 38.9 Å². The molecule has 6 nitrogen and oxygen atoms in total. The summed E-state index contributed by atoms with van der Waals surface area (Å²) in [6.45, 7) is 1.75. The zero-order valence-corrected chi connectivity index (χ0v) is 13.2. The van der Waals surface area contributed by atoms with Gasteiger partial charge in [0.25, 0.3) is 5.56 Å². The third-order valence-electron chi connectivity index (χ3n) is 3.54. The van der Waals surface area contributed by atoms with Crippen LogP contribution < -0.4 is 16.0 Å². The fourth-order valence-electron chi connectivity index (χ4n) is 2.12. The van der Waals surface area contributed by atoms with E-state index in [1.807, 2.05) is 42.3 Å². The highest BCUT2D eigenvalue weighted by molar-refractivity contribution is 5.20. The highest BCUT2D eigenvalue weighted by Crippen LogP contribution is 2.08. The van der Waals surface area contributed by atoms with Crippen molar-refractivity contribution in [2.24, 2.45) is 14.1 Å². The van der Waals surface area contributed by atoms with Gasteiger partial charge in [-0.25, -0.2) is 4.79 Å². The van der Waals surface area contributed by atoms with E-state index in [0.29, 0.717) is 25.4 Å². The van der Waals surface area contributed by atoms with E-state index in [1.165, 1.54) is 17.7 Å². The molecule has 1 heterocycles. The first-order chi connectivity index (χ1) is 10.5. The number of likely N-dealkylation sites (N-methyl/N-ethyl adjacent to an activating group) is 1. The Morgan fingerprint density at radius 3 is 2.45 bits per heavy atom. The standard InChI is InChI=1S/C16H21N3O3/c1-17(9-10-22-14-7-5-4-6-8-14)12-13-11-15(20)19(3)16(21)18(13)2/h4-8,11H,9-10,12H2,1-3H3. The lowest BCUT2D eigenvalue weighted by atomic mass is 10.3. The van der Waals surface area contributed by atoms with Gasteiger partial charge >= 0.3 is 5.69 Å². The van der Waals surface area contributed by atoms with Crippen LogP contribution in [0.1, 0.15) is 5.69 Å². The van der Waals surface area contributed by atoms with Crippen LogP contribution in [0.2, 0.25) is 0 Å². The van der Waals surface area contributed by atoms with Gasteiger partial charge in [0.05, 0.1) is 0 Å². The number of hydrogen-bond donors (Lipinski definition) is 0. The zero-order chi connectivity index (χ0) is 16.1. The van der Waals surface area contributed by atoms with E-state index in [4.69, 9.17) is 4.74 Å². The van der Waals surface area contributed by atoms with Gasteiger partial charge in [0.1, 0.15) is 12.4 Å². The minimum absolute atomic E-state index is 0.285. The molecule has 0 amide bonds. The van der Waals surface area contributed by atoms with Crippen molar-refractivity contribution in [2.75, 3.05) is 20.2 Å². The minimum atomic E-state index is -0.309. The number of nitrogens with zero attached hydrogens (tertiary/aromatic N) is 3. The highest BCUT2D eigenvalue weighted by Gasteiger charge is 2.08. The van der Waals surface area contributed by atoms with Crippen LogP contribution in [0.3, 0.4) is 0 Å². The summed E-state index contributed by atoms with van der Waals surface area (Å²) in [5.74, 6) is 0.830. The molecule has 0 saturated heterocycles. The lowest BCUT2D eigenvalue weighted by Crippen LogP contribution is -2.39. The molecule has 0 spiro atoms. The molecule has 0 fully saturated rings. The maximum Gasteiger partial charge on any atom is 0.330 e. The molecule has 2 rings (SSSR count). The van der Waals surface area contributed by atoms with Gasteiger partial charge in [0.15, 0.2) is 0 Å². The number of benzene rings is 1. The van der Waals surface area contributed by atoms with E-state index in [-0.39, 0.29) is 11.2 Å². The van der Waals surface area contributed by atoms with Gasteiger partial charge in [0.2, 0.25) is 0 Å². The monoisotopic (exact) mass is 303 g/mol. The van der Waals surface area contributed by atoms with E-state index in [0.717, 1.165) is 10.3 Å². The molecular formula is C16H21N3O3. The van der Waals surface area contributed by atoms with Gasteiger partial charge in [-0.3, -0.25) is 18.8 Å². The Bertz CT molecular complexity index is 735. The Labute approximate surface area is 129 Å². The molecule has 0 N–H and O–H groups in total. The fourth-order valence-corrected chi connectivity index (χ4v) is 2.12. The second-order valence-corrected chi connectivity index (χ2v) is 5.27. The molecule has 118 valence electrons. The minimum Gasteiger partial charge on any atom is -0.492 e. The first-order valence-electron chi connectivity index (χ1n) is 7.11. The third-order valence-corrected chi connectivity index (χ3v) is 3.54. The normalized spacial score (nSPS) is 10.9. The Morgan fingerprint density at radius 1 is 1.09 bits per heavy atom. The first kappa shape index (κ1) is 16.0. The van der Waals surface area contributed by atoms with Crippen molar-refractivity contribution in [2.45, 2.75) is 6.54 Å². The van der Waals surface area contributed by atoms with Crippen LogP contribution in [0, 0.1) is 0 Å². The van der Waals surface area contributed by atoms with Crippen molar-refractivity contribution in [1.82, 2.24) is 14.0 Å². The van der Waals surface area contributed by atoms with Gasteiger partial charge in [-0.15, -0.1) is 0 Å². The molecule has 0 unspecified atom stereocenters. The third kappa shape index (κ3) is 3.85. The second-order valence-electron chi connectivity index (χ2n) is 5.27. The quantitative estimate of drug-likeness (QED) is 0.784. The molecule has 0 saturated carbocycles. The molecule has 0 aliphatic carbocycles. The van der Waals surface area contributed by atoms with E-state index >= 15 is 0 Å². The molecule has 0 aliphatic heterocycles. The predicted octanol–water partition coefficient (Wildman–Crippen LogP) is 0.595. The lowest BCUT2D eigenvalue weighted by molar-refractivity contribution is 0.229. The summed E-state index contributed by atoms with van der Waals surface area (Å²) < 4.78 is 8.23. The molecule has 6 heteroatoms. The van der Waals surface area contributed by atoms with Crippen LogP contribution in [0.5, 0.6) is 5.75 Å². The van der Waals surface area contributed by atoms with Gasteiger partial charge in [-0.05, 0) is 19.2 Å². The number of ether oxygens (including phenoxy) is 1. The van der Waals surface area contributed by atoms with Crippen LogP contribution in [-0.2, 0) is 20.6 Å². The average molecular weight is 303 g/mol. The SMILES string of the molecule is CN(CCOc1ccccc1)Cc1cc(=O)n(C)c(=O)n1C. The van der Waals surface area contributed by atoms with Crippen LogP contribution in [0.15, 0.2) is 46.0 Å². The highest BCUT2D eigenvalue weighted by atomic mass is 16.5. The van der Waals surface area contributed by atoms with Crippen molar-refractivity contribution in [3.8, 4) is 5.75 Å². The Balaban J connectivity index is 1.94. The summed E-state index contributed by atoms with van der Waals surface area (Å²) in [4.78, 5) is 25.6. The summed E-state index contributed by atoms with van der Waals surface area (Å²) in [5, 5.41) is 0. The maximum absolute atomic E-state index is 11.9. The molecular weight excluding hydrogens is 282 g/mol. The summed E-state index contributed by atoms with van der Waals surface area (Å²) in [6, 6.07) is 11.1. The summed E-state index contributed by atoms with van der Waals surface area (Å²) in [7, 11) is 5.08. The van der Waals surface area contributed by atoms with Gasteiger partial charge in [-0.1, -0.05) is 18.2 Å². The van der Waals surface area contributed by atoms with Crippen LogP contribution >= 0.6 is 0 Å². The van der Waals surface area contributed by atoms with Crippen molar-refractivity contribution >= 4 is 0 Å². The lowest BCUT2D eigenvalue weighted by Gasteiger charge is -2.18. The van der Waals surface area contributed by atoms with Gasteiger partial charge in [-0.2, -0.15) is 0 Å². The fraction of sp³-hybridized carbons (Fsp3) is 0.375. The predicted molar refractivity (Wildman–Crippen MR) is 85.2 cm³/mol. The summed E-state index contributed by atoms with van der Waals surface area (Å²) >= 11 is 0. The first-order valence-corrected chi connectivity index (χ1v) is 7.11. The van der Waals surface area contributed by atoms with Crippen molar-refractivity contribution in [3.05, 3.63) is 62.9 Å². The summed E-state index contributed by atoms with van der Waals surface area (Å²) in [6.07, 6.45) is 0. The average Bonchev–Trinajstić information content (AvgIpc) is 2.51. The molecule has 0 bridgehead atoms. The van der Waals surface area contributed by atoms with Crippen LogP contribution in [-0.4, -0.2) is 34.2 Å². The van der Waals surface area contributed by atoms with Crippen molar-refractivity contribution in [1.29, 1.82) is 0 Å². The second kappa shape index (κ2) is 7.09. The molecule has 0 atom stereocenters. The number of rotatable bonds is 6. The number of aromatic nitrogens is 2. The Morgan fingerprint density at radius 2 is 1.77 bits per heavy atom. The molecule has 1 aromatic heterocycles. The largest absolute Gasteiger partial charge is 0.492 e. The summed E-state index contributed by atoms with van der Waals surface area (Å²) in [5.41, 5.74) is 0.0961. The van der Waals surface area contributed by atoms with Gasteiger partial charge < -0.3 is 4.74 Å². The zero-order valence-electron chi connectivity index (χ0n) is 13.2. The van der Waals surface area contributed by atoms with E-state index < -0.39 is 0 Å². The number of para-hydroxylation sites is 1. The molecule has 0 aliphatic rings. The van der Waals surface area contributed by atoms with Crippen molar-refractivity contribution in [3.63, 3.8) is 0 Å².